The van der Waals surface area contributed by atoms with Crippen molar-refractivity contribution in [1.29, 1.82) is 0 Å². The van der Waals surface area contributed by atoms with Gasteiger partial charge in [0.1, 0.15) is 5.82 Å². The Hall–Kier alpha value is -2.18. The molecular formula is C19H17F3IN3O3. The molecule has 0 bridgehead atoms. The first-order valence-corrected chi connectivity index (χ1v) is 9.78. The lowest BCUT2D eigenvalue weighted by atomic mass is 10.0. The van der Waals surface area contributed by atoms with Gasteiger partial charge in [-0.05, 0) is 52.9 Å². The van der Waals surface area contributed by atoms with E-state index in [4.69, 9.17) is 0 Å². The van der Waals surface area contributed by atoms with E-state index >= 15 is 0 Å². The van der Waals surface area contributed by atoms with Gasteiger partial charge in [0.2, 0.25) is 5.91 Å². The molecule has 1 fully saturated rings. The molecule has 1 aliphatic heterocycles. The van der Waals surface area contributed by atoms with Crippen molar-refractivity contribution in [1.82, 2.24) is 10.2 Å². The maximum absolute atomic E-state index is 14.5. The third kappa shape index (κ3) is 4.54. The lowest BCUT2D eigenvalue weighted by molar-refractivity contribution is -0.134. The molecule has 2 aromatic carbocycles. The molecule has 0 aliphatic carbocycles. The minimum atomic E-state index is -1.38. The molecule has 0 spiro atoms. The van der Waals surface area contributed by atoms with E-state index in [1.165, 1.54) is 12.1 Å². The van der Waals surface area contributed by atoms with E-state index in [1.807, 2.05) is 22.6 Å². The zero-order chi connectivity index (χ0) is 21.1. The van der Waals surface area contributed by atoms with Crippen molar-refractivity contribution in [2.45, 2.75) is 0 Å². The second-order valence-corrected chi connectivity index (χ2v) is 7.65. The normalized spacial score (nSPS) is 13.7. The average Bonchev–Trinajstić information content (AvgIpc) is 2.63. The summed E-state index contributed by atoms with van der Waals surface area (Å²) in [5.74, 6) is -5.22. The highest BCUT2D eigenvalue weighted by atomic mass is 127. The summed E-state index contributed by atoms with van der Waals surface area (Å²) < 4.78 is 43.2. The van der Waals surface area contributed by atoms with Crippen molar-refractivity contribution in [3.63, 3.8) is 0 Å². The summed E-state index contributed by atoms with van der Waals surface area (Å²) in [6.45, 7) is -0.0319. The topological polar surface area (TPSA) is 81.7 Å². The molecule has 2 amide bonds. The van der Waals surface area contributed by atoms with Gasteiger partial charge in [-0.1, -0.05) is 0 Å². The summed E-state index contributed by atoms with van der Waals surface area (Å²) in [6, 6.07) is 5.84. The van der Waals surface area contributed by atoms with Crippen molar-refractivity contribution < 1.29 is 27.9 Å². The van der Waals surface area contributed by atoms with Crippen LogP contribution in [0.4, 0.5) is 24.5 Å². The van der Waals surface area contributed by atoms with Crippen LogP contribution >= 0.6 is 22.6 Å². The minimum absolute atomic E-state index is 0.160. The summed E-state index contributed by atoms with van der Waals surface area (Å²) in [5.41, 5.74) is -1.10. The molecule has 0 saturated carbocycles. The summed E-state index contributed by atoms with van der Waals surface area (Å²) in [6.07, 6.45) is 0. The molecule has 0 unspecified atom stereocenters. The lowest BCUT2D eigenvalue weighted by Crippen LogP contribution is -2.54. The Morgan fingerprint density at radius 1 is 1.17 bits per heavy atom. The van der Waals surface area contributed by atoms with Gasteiger partial charge >= 0.3 is 0 Å². The molecule has 154 valence electrons. The van der Waals surface area contributed by atoms with Crippen LogP contribution in [0.3, 0.4) is 0 Å². The van der Waals surface area contributed by atoms with E-state index in [-0.39, 0.29) is 17.8 Å². The Morgan fingerprint density at radius 3 is 2.48 bits per heavy atom. The third-order valence-electron chi connectivity index (χ3n) is 4.48. The molecule has 1 heterocycles. The quantitative estimate of drug-likeness (QED) is 0.404. The number of imide groups is 1. The number of carbonyl (C=O) groups excluding carboxylic acids is 2. The number of aliphatic hydroxyl groups excluding tert-OH is 1. The second kappa shape index (κ2) is 9.09. The summed E-state index contributed by atoms with van der Waals surface area (Å²) >= 11 is 1.89. The first-order chi connectivity index (χ1) is 13.8. The van der Waals surface area contributed by atoms with E-state index in [1.54, 1.807) is 6.07 Å². The van der Waals surface area contributed by atoms with Crippen LogP contribution in [0.1, 0.15) is 10.4 Å². The second-order valence-electron chi connectivity index (χ2n) is 6.41. The van der Waals surface area contributed by atoms with Gasteiger partial charge in [0.15, 0.2) is 11.6 Å². The van der Waals surface area contributed by atoms with Gasteiger partial charge in [-0.15, -0.1) is 0 Å². The Labute approximate surface area is 178 Å². The van der Waals surface area contributed by atoms with Crippen molar-refractivity contribution in [2.75, 3.05) is 31.6 Å². The number of aliphatic hydroxyl groups is 1. The number of amides is 2. The standard InChI is InChI=1S/C19H17F3IN3O3/c20-13-3-2-12(19(29)26(5-6-27)18(28)10-8-24-9-10)17(16(13)22)25-15-4-1-11(23)7-14(15)21/h1-4,7,10,24-25,27H,5-6,8-9H2. The molecule has 3 N–H and O–H groups in total. The van der Waals surface area contributed by atoms with Gasteiger partial charge < -0.3 is 15.7 Å². The van der Waals surface area contributed by atoms with E-state index in [2.05, 4.69) is 10.6 Å². The van der Waals surface area contributed by atoms with Crippen molar-refractivity contribution in [3.8, 4) is 0 Å². The van der Waals surface area contributed by atoms with Crippen LogP contribution in [-0.4, -0.2) is 48.1 Å². The fourth-order valence-corrected chi connectivity index (χ4v) is 3.27. The van der Waals surface area contributed by atoms with Crippen molar-refractivity contribution in [3.05, 3.63) is 56.9 Å². The van der Waals surface area contributed by atoms with Gasteiger partial charge in [-0.25, -0.2) is 13.2 Å². The maximum atomic E-state index is 14.5. The molecule has 0 aromatic heterocycles. The maximum Gasteiger partial charge on any atom is 0.262 e. The highest BCUT2D eigenvalue weighted by Gasteiger charge is 2.34. The smallest absolute Gasteiger partial charge is 0.262 e. The van der Waals surface area contributed by atoms with Crippen molar-refractivity contribution in [2.24, 2.45) is 5.92 Å². The van der Waals surface area contributed by atoms with Crippen LogP contribution in [-0.2, 0) is 4.79 Å². The largest absolute Gasteiger partial charge is 0.395 e. The summed E-state index contributed by atoms with van der Waals surface area (Å²) in [7, 11) is 0. The number of hydrogen-bond donors (Lipinski definition) is 3. The van der Waals surface area contributed by atoms with Crippen molar-refractivity contribution >= 4 is 45.8 Å². The first-order valence-electron chi connectivity index (χ1n) is 8.70. The molecule has 29 heavy (non-hydrogen) atoms. The number of halogens is 4. The number of rotatable bonds is 6. The van der Waals surface area contributed by atoms with Crippen LogP contribution in [0.2, 0.25) is 0 Å². The van der Waals surface area contributed by atoms with E-state index in [9.17, 15) is 27.9 Å². The molecule has 3 rings (SSSR count). The average molecular weight is 519 g/mol. The SMILES string of the molecule is O=C(c1ccc(F)c(F)c1Nc1ccc(I)cc1F)N(CCO)C(=O)C1CNC1. The van der Waals surface area contributed by atoms with Crippen LogP contribution in [0.15, 0.2) is 30.3 Å². The molecule has 10 heteroatoms. The molecule has 0 atom stereocenters. The van der Waals surface area contributed by atoms with Crippen LogP contribution in [0.25, 0.3) is 0 Å². The van der Waals surface area contributed by atoms with Gasteiger partial charge in [0, 0.05) is 16.7 Å². The number of carbonyl (C=O) groups is 2. The molecular weight excluding hydrogens is 502 g/mol. The van der Waals surface area contributed by atoms with Gasteiger partial charge in [0.05, 0.1) is 36.0 Å². The fourth-order valence-electron chi connectivity index (χ4n) is 2.82. The minimum Gasteiger partial charge on any atom is -0.395 e. The molecule has 1 saturated heterocycles. The predicted octanol–water partition coefficient (Wildman–Crippen LogP) is 2.63. The Balaban J connectivity index is 2.00. The molecule has 2 aromatic rings. The Bertz CT molecular complexity index is 954. The first kappa shape index (κ1) is 21.5. The number of anilines is 2. The number of benzene rings is 2. The van der Waals surface area contributed by atoms with Crippen LogP contribution < -0.4 is 10.6 Å². The Morgan fingerprint density at radius 2 is 1.90 bits per heavy atom. The third-order valence-corrected chi connectivity index (χ3v) is 5.15. The summed E-state index contributed by atoms with van der Waals surface area (Å²) in [4.78, 5) is 26.3. The van der Waals surface area contributed by atoms with E-state index in [0.29, 0.717) is 16.7 Å². The number of hydrogen-bond acceptors (Lipinski definition) is 5. The molecule has 0 radical (unpaired) electrons. The van der Waals surface area contributed by atoms with E-state index in [0.717, 1.165) is 17.0 Å². The lowest BCUT2D eigenvalue weighted by Gasteiger charge is -2.31. The zero-order valence-corrected chi connectivity index (χ0v) is 17.2. The fraction of sp³-hybridized carbons (Fsp3) is 0.263. The highest BCUT2D eigenvalue weighted by molar-refractivity contribution is 14.1. The predicted molar refractivity (Wildman–Crippen MR) is 108 cm³/mol. The summed E-state index contributed by atoms with van der Waals surface area (Å²) in [5, 5.41) is 14.6. The van der Waals surface area contributed by atoms with E-state index < -0.39 is 47.5 Å². The van der Waals surface area contributed by atoms with Gasteiger partial charge in [-0.2, -0.15) is 0 Å². The molecule has 6 nitrogen and oxygen atoms in total. The van der Waals surface area contributed by atoms with Crippen LogP contribution in [0, 0.1) is 26.9 Å². The Kier molecular flexibility index (Phi) is 6.75. The number of nitrogens with one attached hydrogen (secondary N) is 2. The zero-order valence-electron chi connectivity index (χ0n) is 15.0. The molecule has 1 aliphatic rings. The van der Waals surface area contributed by atoms with Gasteiger partial charge in [0.25, 0.3) is 5.91 Å². The van der Waals surface area contributed by atoms with Gasteiger partial charge in [-0.3, -0.25) is 14.5 Å². The van der Waals surface area contributed by atoms with Crippen LogP contribution in [0.5, 0.6) is 0 Å². The highest BCUT2D eigenvalue weighted by Crippen LogP contribution is 2.29. The number of nitrogens with zero attached hydrogens (tertiary/aromatic N) is 1. The monoisotopic (exact) mass is 519 g/mol.